The van der Waals surface area contributed by atoms with Gasteiger partial charge in [0.2, 0.25) is 0 Å². The Morgan fingerprint density at radius 2 is 0.554 bits per heavy atom. The van der Waals surface area contributed by atoms with Crippen LogP contribution in [0.3, 0.4) is 0 Å². The largest absolute Gasteiger partial charge is 0.515 e. The van der Waals surface area contributed by atoms with Crippen molar-refractivity contribution in [3.05, 3.63) is 36.4 Å². The number of hydrogen-bond donors (Lipinski definition) is 0. The van der Waals surface area contributed by atoms with Crippen LogP contribution in [0.4, 0.5) is 0 Å². The van der Waals surface area contributed by atoms with Crippen LogP contribution in [0.15, 0.2) is 30.8 Å². The first-order valence-electron chi connectivity index (χ1n) is 21.1. The Bertz CT molecular complexity index is 1400. The summed E-state index contributed by atoms with van der Waals surface area (Å²) in [7, 11) is -32.0. The standard InChI is InChI=1S/C36H70O12Si8/c1-16-35-17-19-36(20-18-35)56-46-53(25-32(10)11)40-50(22-29(4)5)37-49(21-28(2)3)38-51(42-53,23-30(6)7)44-55(48-56,27-34(14)15)45-52(39-49,24-31(8)9)43-54(41-50,47-56)26-33(12)13/h16-20,28-34H,1,21-27H2,2-15H3. The molecule has 0 unspecified atom stereocenters. The third-order valence-electron chi connectivity index (χ3n) is 9.78. The highest BCUT2D eigenvalue weighted by Crippen LogP contribution is 2.55. The van der Waals surface area contributed by atoms with Crippen LogP contribution in [0.1, 0.15) is 102 Å². The van der Waals surface area contributed by atoms with Crippen molar-refractivity contribution in [3.8, 4) is 0 Å². The molecule has 6 aliphatic rings. The van der Waals surface area contributed by atoms with E-state index in [1.54, 1.807) is 0 Å². The monoisotopic (exact) mass is 918 g/mol. The molecular formula is C36H70O12Si8. The molecule has 1 aromatic rings. The quantitative estimate of drug-likeness (QED) is 0.148. The lowest BCUT2D eigenvalue weighted by Gasteiger charge is -2.64. The molecule has 0 atom stereocenters. The molecule has 0 radical (unpaired) electrons. The number of benzene rings is 1. The minimum absolute atomic E-state index is 0.0925. The molecule has 20 heteroatoms. The van der Waals surface area contributed by atoms with Crippen molar-refractivity contribution < 1.29 is 49.4 Å². The molecule has 7 rings (SSSR count). The molecule has 318 valence electrons. The fourth-order valence-electron chi connectivity index (χ4n) is 8.62. The van der Waals surface area contributed by atoms with Gasteiger partial charge in [0, 0.05) is 47.5 Å². The fourth-order valence-corrected chi connectivity index (χ4v) is 59.6. The zero-order chi connectivity index (χ0) is 41.2. The summed E-state index contributed by atoms with van der Waals surface area (Å²) in [4.78, 5) is 0. The highest BCUT2D eigenvalue weighted by Gasteiger charge is 2.83. The molecule has 6 fully saturated rings. The lowest BCUT2D eigenvalue weighted by molar-refractivity contribution is -0.0308. The maximum absolute atomic E-state index is 7.87. The van der Waals surface area contributed by atoms with Gasteiger partial charge < -0.3 is 49.4 Å². The van der Waals surface area contributed by atoms with Crippen LogP contribution in [-0.4, -0.2) is 70.4 Å². The SMILES string of the molecule is C=Cc1ccc([Si]23O[Si]4(CC(C)C)O[Si]5(CC(C)C)O[Si]6(CC(C)C)O[Si](CC(C)C)(O4)O[Si](CC(C)C)(O[Si](CC(C)C)(O6)O[Si](CC(C)C)(O5)O2)O3)cc1. The lowest BCUT2D eigenvalue weighted by Crippen LogP contribution is -2.90. The van der Waals surface area contributed by atoms with E-state index in [0.29, 0.717) is 42.3 Å². The summed E-state index contributed by atoms with van der Waals surface area (Å²) in [6.07, 6.45) is 1.82. The smallest absolute Gasteiger partial charge is 0.373 e. The number of rotatable bonds is 16. The minimum atomic E-state index is -4.23. The molecule has 1 aromatic carbocycles. The Hall–Kier alpha value is 0.215. The highest BCUT2D eigenvalue weighted by atomic mass is 28.6. The number of hydrogen-bond acceptors (Lipinski definition) is 12. The van der Waals surface area contributed by atoms with Gasteiger partial charge in [-0.1, -0.05) is 134 Å². The van der Waals surface area contributed by atoms with Gasteiger partial charge in [-0.05, 0) is 47.0 Å². The molecule has 6 heterocycles. The second-order valence-electron chi connectivity index (χ2n) is 19.6. The fraction of sp³-hybridized carbons (Fsp3) is 0.778. The average Bonchev–Trinajstić information content (AvgIpc) is 2.94. The molecule has 8 bridgehead atoms. The van der Waals surface area contributed by atoms with Crippen molar-refractivity contribution >= 4 is 81.7 Å². The summed E-state index contributed by atoms with van der Waals surface area (Å²) in [5.74, 6) is 0.739. The van der Waals surface area contributed by atoms with E-state index in [1.165, 1.54) is 0 Å². The zero-order valence-electron chi connectivity index (χ0n) is 36.5. The molecule has 0 spiro atoms. The zero-order valence-corrected chi connectivity index (χ0v) is 44.5. The Balaban J connectivity index is 1.80. The van der Waals surface area contributed by atoms with Crippen LogP contribution in [0.25, 0.3) is 6.08 Å². The van der Waals surface area contributed by atoms with E-state index in [-0.39, 0.29) is 41.4 Å². The van der Waals surface area contributed by atoms with Gasteiger partial charge in [-0.15, -0.1) is 0 Å². The van der Waals surface area contributed by atoms with Crippen molar-refractivity contribution in [1.29, 1.82) is 0 Å². The molecule has 6 aliphatic heterocycles. The molecular weight excluding hydrogens is 849 g/mol. The van der Waals surface area contributed by atoms with Crippen molar-refractivity contribution in [2.45, 2.75) is 139 Å². The van der Waals surface area contributed by atoms with Gasteiger partial charge in [0.25, 0.3) is 0 Å². The van der Waals surface area contributed by atoms with Crippen LogP contribution >= 0.6 is 0 Å². The summed E-state index contributed by atoms with van der Waals surface area (Å²) < 4.78 is 93.8. The first kappa shape index (κ1) is 45.7. The molecule has 12 nitrogen and oxygen atoms in total. The molecule has 0 saturated carbocycles. The van der Waals surface area contributed by atoms with E-state index in [2.05, 4.69) is 104 Å². The van der Waals surface area contributed by atoms with Gasteiger partial charge in [0.1, 0.15) is 0 Å². The predicted molar refractivity (Wildman–Crippen MR) is 233 cm³/mol. The maximum atomic E-state index is 7.87. The molecule has 56 heavy (non-hydrogen) atoms. The Morgan fingerprint density at radius 3 is 0.732 bits per heavy atom. The van der Waals surface area contributed by atoms with Crippen LogP contribution in [0.2, 0.25) is 42.3 Å². The topological polar surface area (TPSA) is 111 Å². The van der Waals surface area contributed by atoms with E-state index in [0.717, 1.165) is 10.8 Å². The minimum Gasteiger partial charge on any atom is -0.373 e. The van der Waals surface area contributed by atoms with Crippen LogP contribution < -0.4 is 5.19 Å². The van der Waals surface area contributed by atoms with E-state index < -0.39 is 70.4 Å². The van der Waals surface area contributed by atoms with Crippen molar-refractivity contribution in [3.63, 3.8) is 0 Å². The third kappa shape index (κ3) is 9.79. The summed E-state index contributed by atoms with van der Waals surface area (Å²) in [5.41, 5.74) is 0.957. The first-order valence-corrected chi connectivity index (χ1v) is 36.3. The van der Waals surface area contributed by atoms with E-state index in [9.17, 15) is 0 Å². The van der Waals surface area contributed by atoms with Crippen molar-refractivity contribution in [1.82, 2.24) is 0 Å². The Labute approximate surface area is 346 Å². The average molecular weight is 920 g/mol. The van der Waals surface area contributed by atoms with E-state index in [1.807, 2.05) is 30.3 Å². The van der Waals surface area contributed by atoms with Crippen molar-refractivity contribution in [2.75, 3.05) is 0 Å². The van der Waals surface area contributed by atoms with Crippen molar-refractivity contribution in [2.24, 2.45) is 41.4 Å². The summed E-state index contributed by atoms with van der Waals surface area (Å²) in [6.45, 7) is 34.3. The molecule has 6 saturated heterocycles. The van der Waals surface area contributed by atoms with Gasteiger partial charge in [-0.3, -0.25) is 0 Å². The molecule has 0 aromatic heterocycles. The summed E-state index contributed by atoms with van der Waals surface area (Å²) in [5, 5.41) is 0.742. The van der Waals surface area contributed by atoms with E-state index in [4.69, 9.17) is 49.4 Å². The van der Waals surface area contributed by atoms with Gasteiger partial charge in [0.15, 0.2) is 0 Å². The molecule has 0 amide bonds. The van der Waals surface area contributed by atoms with Gasteiger partial charge in [0.05, 0.1) is 0 Å². The van der Waals surface area contributed by atoms with Gasteiger partial charge in [-0.25, -0.2) is 0 Å². The van der Waals surface area contributed by atoms with Crippen LogP contribution in [-0.2, 0) is 49.4 Å². The predicted octanol–water partition coefficient (Wildman–Crippen LogP) is 8.91. The van der Waals surface area contributed by atoms with E-state index >= 15 is 0 Å². The van der Waals surface area contributed by atoms with Crippen LogP contribution in [0.5, 0.6) is 0 Å². The third-order valence-corrected chi connectivity index (χ3v) is 49.4. The van der Waals surface area contributed by atoms with Crippen LogP contribution in [0, 0.1) is 41.4 Å². The summed E-state index contributed by atoms with van der Waals surface area (Å²) >= 11 is 0. The highest BCUT2D eigenvalue weighted by molar-refractivity contribution is 7.05. The Kier molecular flexibility index (Phi) is 13.5. The first-order chi connectivity index (χ1) is 25.9. The normalized spacial score (nSPS) is 39.6. The molecule has 0 N–H and O–H groups in total. The molecule has 0 aliphatic carbocycles. The Morgan fingerprint density at radius 1 is 0.357 bits per heavy atom. The summed E-state index contributed by atoms with van der Waals surface area (Å²) in [6, 6.07) is 11.3. The van der Waals surface area contributed by atoms with Gasteiger partial charge >= 0.3 is 70.4 Å². The second-order valence-corrected chi connectivity index (χ2v) is 43.5. The maximum Gasteiger partial charge on any atom is 0.515 e. The second kappa shape index (κ2) is 16.5. The lowest BCUT2D eigenvalue weighted by atomic mass is 10.2. The van der Waals surface area contributed by atoms with Gasteiger partial charge in [-0.2, -0.15) is 0 Å².